The minimum absolute atomic E-state index is 0.0446. The molecule has 7 nitrogen and oxygen atoms in total. The van der Waals surface area contributed by atoms with Gasteiger partial charge in [0.1, 0.15) is 11.5 Å². The summed E-state index contributed by atoms with van der Waals surface area (Å²) in [5.74, 6) is 0.720. The van der Waals surface area contributed by atoms with Crippen molar-refractivity contribution in [3.63, 3.8) is 0 Å². The molecule has 3 N–H and O–H groups in total. The van der Waals surface area contributed by atoms with Crippen molar-refractivity contribution in [2.75, 3.05) is 17.2 Å². The molecule has 0 saturated carbocycles. The molecule has 0 atom stereocenters. The van der Waals surface area contributed by atoms with E-state index in [2.05, 4.69) is 16.0 Å². The van der Waals surface area contributed by atoms with Gasteiger partial charge in [-0.25, -0.2) is 0 Å². The zero-order chi connectivity index (χ0) is 24.5. The maximum atomic E-state index is 12.9. The molecule has 0 bridgehead atoms. The van der Waals surface area contributed by atoms with Crippen LogP contribution in [0.15, 0.2) is 72.8 Å². The van der Waals surface area contributed by atoms with E-state index < -0.39 is 0 Å². The number of rotatable bonds is 8. The highest BCUT2D eigenvalue weighted by atomic mass is 32.1. The van der Waals surface area contributed by atoms with Crippen LogP contribution in [0.5, 0.6) is 11.5 Å². The van der Waals surface area contributed by atoms with Crippen molar-refractivity contribution in [2.45, 2.75) is 26.9 Å². The van der Waals surface area contributed by atoms with Crippen LogP contribution < -0.4 is 25.4 Å². The highest BCUT2D eigenvalue weighted by molar-refractivity contribution is 7.80. The predicted octanol–water partition coefficient (Wildman–Crippen LogP) is 5.25. The van der Waals surface area contributed by atoms with Gasteiger partial charge in [-0.3, -0.25) is 14.9 Å². The van der Waals surface area contributed by atoms with E-state index in [1.54, 1.807) is 72.8 Å². The van der Waals surface area contributed by atoms with E-state index in [-0.39, 0.29) is 23.0 Å². The summed E-state index contributed by atoms with van der Waals surface area (Å²) < 4.78 is 11.0. The maximum absolute atomic E-state index is 12.9. The SMILES string of the molecule is CCOc1ccc(NC(=O)c2ccccc2NC(=S)NC(=O)c2ccc(OC(C)C)cc2)cc1. The summed E-state index contributed by atoms with van der Waals surface area (Å²) in [6.45, 7) is 6.34. The quantitative estimate of drug-likeness (QED) is 0.384. The Balaban J connectivity index is 1.63. The van der Waals surface area contributed by atoms with Gasteiger partial charge in [-0.2, -0.15) is 0 Å². The summed E-state index contributed by atoms with van der Waals surface area (Å²) in [4.78, 5) is 25.4. The van der Waals surface area contributed by atoms with Gasteiger partial charge in [-0.1, -0.05) is 12.1 Å². The van der Waals surface area contributed by atoms with Gasteiger partial charge >= 0.3 is 0 Å². The second-order valence-electron chi connectivity index (χ2n) is 7.56. The second-order valence-corrected chi connectivity index (χ2v) is 7.96. The van der Waals surface area contributed by atoms with Crippen LogP contribution in [0, 0.1) is 0 Å². The third kappa shape index (κ3) is 7.05. The lowest BCUT2D eigenvalue weighted by atomic mass is 10.1. The smallest absolute Gasteiger partial charge is 0.257 e. The molecule has 3 rings (SSSR count). The van der Waals surface area contributed by atoms with Crippen LogP contribution in [0.4, 0.5) is 11.4 Å². The molecule has 0 radical (unpaired) electrons. The molecule has 0 aliphatic carbocycles. The lowest BCUT2D eigenvalue weighted by molar-refractivity contribution is 0.0976. The summed E-state index contributed by atoms with van der Waals surface area (Å²) in [6.07, 6.45) is 0.0446. The van der Waals surface area contributed by atoms with E-state index in [1.807, 2.05) is 20.8 Å². The molecule has 0 spiro atoms. The first-order chi connectivity index (χ1) is 16.4. The summed E-state index contributed by atoms with van der Waals surface area (Å²) in [5, 5.41) is 8.50. The summed E-state index contributed by atoms with van der Waals surface area (Å²) in [7, 11) is 0. The topological polar surface area (TPSA) is 88.7 Å². The number of anilines is 2. The van der Waals surface area contributed by atoms with E-state index in [9.17, 15) is 9.59 Å². The number of thiocarbonyl (C=S) groups is 1. The van der Waals surface area contributed by atoms with Crippen LogP contribution in [0.3, 0.4) is 0 Å². The fourth-order valence-electron chi connectivity index (χ4n) is 3.08. The van der Waals surface area contributed by atoms with Crippen LogP contribution >= 0.6 is 12.2 Å². The normalized spacial score (nSPS) is 10.4. The van der Waals surface area contributed by atoms with Gasteiger partial charge in [0.05, 0.1) is 24.0 Å². The third-order valence-corrected chi connectivity index (χ3v) is 4.76. The molecule has 0 unspecified atom stereocenters. The molecule has 0 aromatic heterocycles. The molecule has 176 valence electrons. The van der Waals surface area contributed by atoms with Gasteiger partial charge < -0.3 is 20.1 Å². The van der Waals surface area contributed by atoms with Gasteiger partial charge in [-0.15, -0.1) is 0 Å². The lowest BCUT2D eigenvalue weighted by Crippen LogP contribution is -2.34. The van der Waals surface area contributed by atoms with Gasteiger partial charge in [0, 0.05) is 11.3 Å². The zero-order valence-electron chi connectivity index (χ0n) is 19.3. The Kier molecular flexibility index (Phi) is 8.59. The molecule has 0 aliphatic heterocycles. The Morgan fingerprint density at radius 1 is 0.853 bits per heavy atom. The Bertz CT molecular complexity index is 1150. The lowest BCUT2D eigenvalue weighted by Gasteiger charge is -2.14. The molecule has 3 aromatic rings. The van der Waals surface area contributed by atoms with E-state index in [1.165, 1.54) is 0 Å². The first-order valence-corrected chi connectivity index (χ1v) is 11.3. The Hall–Kier alpha value is -3.91. The Morgan fingerprint density at radius 3 is 2.15 bits per heavy atom. The minimum Gasteiger partial charge on any atom is -0.494 e. The van der Waals surface area contributed by atoms with Crippen LogP contribution in [-0.4, -0.2) is 29.6 Å². The molecule has 0 aliphatic rings. The molecule has 0 fully saturated rings. The number of nitrogens with one attached hydrogen (secondary N) is 3. The monoisotopic (exact) mass is 477 g/mol. The van der Waals surface area contributed by atoms with E-state index in [0.717, 1.165) is 5.75 Å². The summed E-state index contributed by atoms with van der Waals surface area (Å²) >= 11 is 5.30. The number of hydrogen-bond acceptors (Lipinski definition) is 5. The van der Waals surface area contributed by atoms with Crippen LogP contribution in [0.25, 0.3) is 0 Å². The maximum Gasteiger partial charge on any atom is 0.257 e. The van der Waals surface area contributed by atoms with Crippen molar-refractivity contribution >= 4 is 40.5 Å². The Labute approximate surface area is 204 Å². The number of carbonyl (C=O) groups excluding carboxylic acids is 2. The van der Waals surface area contributed by atoms with E-state index in [4.69, 9.17) is 21.7 Å². The molecule has 8 heteroatoms. The van der Waals surface area contributed by atoms with E-state index >= 15 is 0 Å². The standard InChI is InChI=1S/C26H27N3O4S/c1-4-32-20-15-11-19(12-16-20)27-25(31)22-7-5-6-8-23(22)28-26(34)29-24(30)18-9-13-21(14-10-18)33-17(2)3/h5-17H,4H2,1-3H3,(H,27,31)(H2,28,29,30,34). The van der Waals surface area contributed by atoms with Crippen molar-refractivity contribution in [3.8, 4) is 11.5 Å². The van der Waals surface area contributed by atoms with Crippen molar-refractivity contribution in [1.29, 1.82) is 0 Å². The number of para-hydroxylation sites is 1. The molecule has 0 saturated heterocycles. The van der Waals surface area contributed by atoms with Crippen molar-refractivity contribution < 1.29 is 19.1 Å². The van der Waals surface area contributed by atoms with Gasteiger partial charge in [0.2, 0.25) is 0 Å². The molecular weight excluding hydrogens is 450 g/mol. The number of ether oxygens (including phenoxy) is 2. The first-order valence-electron chi connectivity index (χ1n) is 10.9. The molecule has 2 amide bonds. The molecular formula is C26H27N3O4S. The highest BCUT2D eigenvalue weighted by Gasteiger charge is 2.14. The predicted molar refractivity (Wildman–Crippen MR) is 138 cm³/mol. The first kappa shape index (κ1) is 24.7. The summed E-state index contributed by atoms with van der Waals surface area (Å²) in [5.41, 5.74) is 1.91. The minimum atomic E-state index is -0.370. The molecule has 3 aromatic carbocycles. The van der Waals surface area contributed by atoms with Crippen LogP contribution in [-0.2, 0) is 0 Å². The molecule has 34 heavy (non-hydrogen) atoms. The second kappa shape index (κ2) is 11.8. The largest absolute Gasteiger partial charge is 0.494 e. The Morgan fingerprint density at radius 2 is 1.50 bits per heavy atom. The fourth-order valence-corrected chi connectivity index (χ4v) is 3.28. The number of carbonyl (C=O) groups is 2. The van der Waals surface area contributed by atoms with E-state index in [0.29, 0.717) is 34.9 Å². The number of hydrogen-bond donors (Lipinski definition) is 3. The van der Waals surface area contributed by atoms with Gasteiger partial charge in [0.15, 0.2) is 5.11 Å². The van der Waals surface area contributed by atoms with Crippen LogP contribution in [0.2, 0.25) is 0 Å². The number of amides is 2. The third-order valence-electron chi connectivity index (χ3n) is 4.56. The zero-order valence-corrected chi connectivity index (χ0v) is 20.1. The number of benzene rings is 3. The molecule has 0 heterocycles. The highest BCUT2D eigenvalue weighted by Crippen LogP contribution is 2.20. The average Bonchev–Trinajstić information content (AvgIpc) is 2.81. The van der Waals surface area contributed by atoms with Crippen molar-refractivity contribution in [2.24, 2.45) is 0 Å². The van der Waals surface area contributed by atoms with Crippen molar-refractivity contribution in [1.82, 2.24) is 5.32 Å². The van der Waals surface area contributed by atoms with Gasteiger partial charge in [0.25, 0.3) is 11.8 Å². The average molecular weight is 478 g/mol. The van der Waals surface area contributed by atoms with Crippen molar-refractivity contribution in [3.05, 3.63) is 83.9 Å². The van der Waals surface area contributed by atoms with Crippen LogP contribution in [0.1, 0.15) is 41.5 Å². The van der Waals surface area contributed by atoms with Gasteiger partial charge in [-0.05, 0) is 93.7 Å². The fraction of sp³-hybridized carbons (Fsp3) is 0.192. The summed E-state index contributed by atoms with van der Waals surface area (Å²) in [6, 6.07) is 20.8.